The number of benzene rings is 1. The molecular formula is C18H30O4. The average molecular weight is 310 g/mol. The summed E-state index contributed by atoms with van der Waals surface area (Å²) in [6.45, 7) is 11.2. The topological polar surface area (TPSA) is 36.9 Å². The fourth-order valence-electron chi connectivity index (χ4n) is 2.17. The largest absolute Gasteiger partial charge is 0.467 e. The van der Waals surface area contributed by atoms with Crippen LogP contribution in [0.1, 0.15) is 50.7 Å². The third-order valence-electron chi connectivity index (χ3n) is 3.41. The van der Waals surface area contributed by atoms with Gasteiger partial charge in [-0.2, -0.15) is 0 Å². The van der Waals surface area contributed by atoms with Crippen LogP contribution in [0.5, 0.6) is 5.75 Å². The van der Waals surface area contributed by atoms with Crippen molar-refractivity contribution < 1.29 is 18.9 Å². The number of rotatable bonds is 11. The third kappa shape index (κ3) is 6.34. The van der Waals surface area contributed by atoms with Crippen molar-refractivity contribution in [3.8, 4) is 5.75 Å². The Morgan fingerprint density at radius 1 is 0.818 bits per heavy atom. The fourth-order valence-corrected chi connectivity index (χ4v) is 2.17. The Labute approximate surface area is 134 Å². The maximum Gasteiger partial charge on any atom is 0.189 e. The molecule has 0 aliphatic carbocycles. The van der Waals surface area contributed by atoms with E-state index in [2.05, 4.69) is 45.9 Å². The minimum atomic E-state index is 0.247. The fraction of sp³-hybridized carbons (Fsp3) is 0.667. The first kappa shape index (κ1) is 18.9. The Balaban J connectivity index is 2.47. The van der Waals surface area contributed by atoms with Crippen LogP contribution >= 0.6 is 0 Å². The number of hydrogen-bond acceptors (Lipinski definition) is 4. The standard InChI is InChI=1S/C18H30O4/c1-14(2)16-7-6-8-17(15(3)4)18(16)22-13-21-12-11-20-10-9-19-5/h6-8,14-15H,9-13H2,1-5H3. The summed E-state index contributed by atoms with van der Waals surface area (Å²) in [4.78, 5) is 0. The maximum atomic E-state index is 5.92. The second-order valence-electron chi connectivity index (χ2n) is 5.85. The van der Waals surface area contributed by atoms with Crippen molar-refractivity contribution in [3.63, 3.8) is 0 Å². The lowest BCUT2D eigenvalue weighted by atomic mass is 9.94. The molecule has 1 aromatic carbocycles. The van der Waals surface area contributed by atoms with Crippen molar-refractivity contribution in [2.75, 3.05) is 40.3 Å². The molecule has 0 aliphatic rings. The molecule has 0 aromatic heterocycles. The molecule has 0 amide bonds. The molecule has 0 fully saturated rings. The highest BCUT2D eigenvalue weighted by Crippen LogP contribution is 2.34. The molecule has 0 spiro atoms. The summed E-state index contributed by atoms with van der Waals surface area (Å²) in [6, 6.07) is 6.35. The lowest BCUT2D eigenvalue weighted by molar-refractivity contribution is -0.0243. The van der Waals surface area contributed by atoms with Crippen LogP contribution in [0.2, 0.25) is 0 Å². The molecule has 0 aliphatic heterocycles. The zero-order chi connectivity index (χ0) is 16.4. The van der Waals surface area contributed by atoms with E-state index in [9.17, 15) is 0 Å². The minimum absolute atomic E-state index is 0.247. The molecule has 0 atom stereocenters. The Morgan fingerprint density at radius 3 is 1.91 bits per heavy atom. The molecule has 1 rings (SSSR count). The van der Waals surface area contributed by atoms with E-state index in [1.807, 2.05) is 0 Å². The number of ether oxygens (including phenoxy) is 4. The molecule has 0 unspecified atom stereocenters. The van der Waals surface area contributed by atoms with Crippen molar-refractivity contribution >= 4 is 0 Å². The molecule has 4 nitrogen and oxygen atoms in total. The van der Waals surface area contributed by atoms with Crippen LogP contribution in [-0.4, -0.2) is 40.3 Å². The summed E-state index contributed by atoms with van der Waals surface area (Å²) in [5.41, 5.74) is 2.46. The van der Waals surface area contributed by atoms with Crippen molar-refractivity contribution in [2.45, 2.75) is 39.5 Å². The van der Waals surface area contributed by atoms with Crippen molar-refractivity contribution in [1.29, 1.82) is 0 Å². The summed E-state index contributed by atoms with van der Waals surface area (Å²) in [6.07, 6.45) is 0. The monoisotopic (exact) mass is 310 g/mol. The van der Waals surface area contributed by atoms with Gasteiger partial charge in [-0.3, -0.25) is 0 Å². The van der Waals surface area contributed by atoms with Gasteiger partial charge in [0.2, 0.25) is 0 Å². The van der Waals surface area contributed by atoms with Gasteiger partial charge in [0.05, 0.1) is 26.4 Å². The summed E-state index contributed by atoms with van der Waals surface area (Å²) < 4.78 is 21.7. The van der Waals surface area contributed by atoms with Crippen molar-refractivity contribution in [3.05, 3.63) is 29.3 Å². The third-order valence-corrected chi connectivity index (χ3v) is 3.41. The van der Waals surface area contributed by atoms with Crippen LogP contribution < -0.4 is 4.74 Å². The Kier molecular flexibility index (Phi) is 9.13. The zero-order valence-electron chi connectivity index (χ0n) is 14.6. The summed E-state index contributed by atoms with van der Waals surface area (Å²) in [7, 11) is 1.66. The van der Waals surface area contributed by atoms with Gasteiger partial charge in [0.25, 0.3) is 0 Å². The SMILES string of the molecule is COCCOCCOCOc1c(C(C)C)cccc1C(C)C. The van der Waals surface area contributed by atoms with Crippen LogP contribution in [0.15, 0.2) is 18.2 Å². The Hall–Kier alpha value is -1.10. The first-order valence-electron chi connectivity index (χ1n) is 7.98. The Morgan fingerprint density at radius 2 is 1.36 bits per heavy atom. The van der Waals surface area contributed by atoms with E-state index in [0.717, 1.165) is 5.75 Å². The molecule has 0 radical (unpaired) electrons. The molecule has 0 bridgehead atoms. The molecule has 22 heavy (non-hydrogen) atoms. The second-order valence-corrected chi connectivity index (χ2v) is 5.85. The highest BCUT2D eigenvalue weighted by molar-refractivity contribution is 5.44. The van der Waals surface area contributed by atoms with Crippen LogP contribution in [0.4, 0.5) is 0 Å². The van der Waals surface area contributed by atoms with E-state index in [1.54, 1.807) is 7.11 Å². The number of methoxy groups -OCH3 is 1. The average Bonchev–Trinajstić information content (AvgIpc) is 2.49. The van der Waals surface area contributed by atoms with Gasteiger partial charge in [-0.05, 0) is 23.0 Å². The highest BCUT2D eigenvalue weighted by Gasteiger charge is 2.14. The van der Waals surface area contributed by atoms with Gasteiger partial charge in [0.15, 0.2) is 6.79 Å². The number of hydrogen-bond donors (Lipinski definition) is 0. The van der Waals surface area contributed by atoms with Gasteiger partial charge >= 0.3 is 0 Å². The van der Waals surface area contributed by atoms with E-state index in [1.165, 1.54) is 11.1 Å². The first-order valence-corrected chi connectivity index (χ1v) is 7.98. The van der Waals surface area contributed by atoms with E-state index in [-0.39, 0.29) is 6.79 Å². The van der Waals surface area contributed by atoms with Crippen molar-refractivity contribution in [1.82, 2.24) is 0 Å². The predicted octanol–water partition coefficient (Wildman–Crippen LogP) is 3.95. The molecule has 0 saturated heterocycles. The van der Waals surface area contributed by atoms with Crippen LogP contribution in [-0.2, 0) is 14.2 Å². The molecule has 126 valence electrons. The van der Waals surface area contributed by atoms with Gasteiger partial charge < -0.3 is 18.9 Å². The molecule has 1 aromatic rings. The predicted molar refractivity (Wildman–Crippen MR) is 88.8 cm³/mol. The minimum Gasteiger partial charge on any atom is -0.467 e. The molecule has 0 saturated carbocycles. The van der Waals surface area contributed by atoms with Gasteiger partial charge in [-0.15, -0.1) is 0 Å². The lowest BCUT2D eigenvalue weighted by Crippen LogP contribution is -2.12. The molecule has 0 N–H and O–H groups in total. The smallest absolute Gasteiger partial charge is 0.189 e. The quantitative estimate of drug-likeness (QED) is 0.458. The van der Waals surface area contributed by atoms with E-state index in [4.69, 9.17) is 18.9 Å². The summed E-state index contributed by atoms with van der Waals surface area (Å²) in [5.74, 6) is 1.81. The molecular weight excluding hydrogens is 280 g/mol. The Bertz CT molecular complexity index is 389. The van der Waals surface area contributed by atoms with Crippen LogP contribution in [0.3, 0.4) is 0 Å². The summed E-state index contributed by atoms with van der Waals surface area (Å²) in [5, 5.41) is 0. The van der Waals surface area contributed by atoms with E-state index in [0.29, 0.717) is 38.3 Å². The van der Waals surface area contributed by atoms with E-state index < -0.39 is 0 Å². The lowest BCUT2D eigenvalue weighted by Gasteiger charge is -2.19. The van der Waals surface area contributed by atoms with Crippen LogP contribution in [0, 0.1) is 0 Å². The molecule has 0 heterocycles. The van der Waals surface area contributed by atoms with Gasteiger partial charge in [0.1, 0.15) is 5.75 Å². The normalized spacial score (nSPS) is 11.4. The highest BCUT2D eigenvalue weighted by atomic mass is 16.7. The maximum absolute atomic E-state index is 5.92. The summed E-state index contributed by atoms with van der Waals surface area (Å²) >= 11 is 0. The number of para-hydroxylation sites is 1. The first-order chi connectivity index (χ1) is 10.6. The van der Waals surface area contributed by atoms with E-state index >= 15 is 0 Å². The van der Waals surface area contributed by atoms with Crippen LogP contribution in [0.25, 0.3) is 0 Å². The van der Waals surface area contributed by atoms with Gasteiger partial charge in [-0.25, -0.2) is 0 Å². The molecule has 4 heteroatoms. The second kappa shape index (κ2) is 10.6. The van der Waals surface area contributed by atoms with Crippen molar-refractivity contribution in [2.24, 2.45) is 0 Å². The van der Waals surface area contributed by atoms with Gasteiger partial charge in [-0.1, -0.05) is 45.9 Å². The van der Waals surface area contributed by atoms with Gasteiger partial charge in [0, 0.05) is 7.11 Å². The zero-order valence-corrected chi connectivity index (χ0v) is 14.6.